The highest BCUT2D eigenvalue weighted by Crippen LogP contribution is 2.31. The molecule has 4 aromatic rings. The first kappa shape index (κ1) is 25.8. The van der Waals surface area contributed by atoms with E-state index in [1.165, 1.54) is 17.1 Å². The lowest BCUT2D eigenvalue weighted by Gasteiger charge is -2.17. The van der Waals surface area contributed by atoms with Crippen molar-refractivity contribution < 1.29 is 0 Å². The molecular weight excluding hydrogens is 513 g/mol. The molecule has 4 heterocycles. The summed E-state index contributed by atoms with van der Waals surface area (Å²) >= 11 is 12.2. The molecular formula is C25H23Cl2N9O. The number of nitriles is 1. The van der Waals surface area contributed by atoms with Gasteiger partial charge in [0.1, 0.15) is 21.7 Å². The molecule has 10 nitrogen and oxygen atoms in total. The van der Waals surface area contributed by atoms with Crippen molar-refractivity contribution >= 4 is 34.7 Å². The van der Waals surface area contributed by atoms with Gasteiger partial charge in [0.15, 0.2) is 11.6 Å². The molecule has 0 bridgehead atoms. The highest BCUT2D eigenvalue weighted by atomic mass is 35.5. The predicted octanol–water partition coefficient (Wildman–Crippen LogP) is 3.47. The second-order valence-electron chi connectivity index (χ2n) is 8.20. The number of aryl methyl sites for hydroxylation is 1. The largest absolute Gasteiger partial charge is 0.396 e. The maximum absolute atomic E-state index is 11.7. The number of anilines is 2. The van der Waals surface area contributed by atoms with Crippen molar-refractivity contribution in [2.75, 3.05) is 24.2 Å². The third-order valence-corrected chi connectivity index (χ3v) is 6.48. The van der Waals surface area contributed by atoms with Crippen LogP contribution in [-0.4, -0.2) is 42.9 Å². The predicted molar refractivity (Wildman–Crippen MR) is 143 cm³/mol. The summed E-state index contributed by atoms with van der Waals surface area (Å²) in [4.78, 5) is 13.5. The van der Waals surface area contributed by atoms with Crippen LogP contribution in [0.4, 0.5) is 11.5 Å². The molecule has 0 atom stereocenters. The minimum Gasteiger partial charge on any atom is -0.396 e. The molecule has 12 heteroatoms. The van der Waals surface area contributed by atoms with Crippen molar-refractivity contribution in [2.24, 2.45) is 0 Å². The Morgan fingerprint density at radius 3 is 2.54 bits per heavy atom. The molecule has 0 radical (unpaired) electrons. The Morgan fingerprint density at radius 1 is 1.14 bits per heavy atom. The topological polar surface area (TPSA) is 124 Å². The van der Waals surface area contributed by atoms with E-state index in [0.717, 1.165) is 31.5 Å². The number of aromatic nitrogens is 6. The van der Waals surface area contributed by atoms with Gasteiger partial charge in [-0.1, -0.05) is 47.3 Å². The van der Waals surface area contributed by atoms with E-state index in [4.69, 9.17) is 35.4 Å². The smallest absolute Gasteiger partial charge is 0.292 e. The summed E-state index contributed by atoms with van der Waals surface area (Å²) in [6.45, 7) is 1.22. The molecule has 5 rings (SSSR count). The minimum atomic E-state index is -0.414. The van der Waals surface area contributed by atoms with Gasteiger partial charge in [0.05, 0.1) is 36.0 Å². The fourth-order valence-corrected chi connectivity index (χ4v) is 4.37. The van der Waals surface area contributed by atoms with Gasteiger partial charge in [-0.15, -0.1) is 6.42 Å². The Hall–Kier alpha value is -4.25. The molecule has 0 fully saturated rings. The van der Waals surface area contributed by atoms with Gasteiger partial charge in [0.2, 0.25) is 0 Å². The van der Waals surface area contributed by atoms with Crippen LogP contribution in [0.2, 0.25) is 10.0 Å². The monoisotopic (exact) mass is 535 g/mol. The minimum absolute atomic E-state index is 0.00569. The molecule has 0 aliphatic carbocycles. The molecule has 0 saturated heterocycles. The maximum atomic E-state index is 11.7. The van der Waals surface area contributed by atoms with Crippen molar-refractivity contribution in [1.29, 1.82) is 5.26 Å². The number of hydrogen-bond donors (Lipinski definition) is 1. The highest BCUT2D eigenvalue weighted by Gasteiger charge is 2.24. The lowest BCUT2D eigenvalue weighted by Crippen LogP contribution is -2.22. The summed E-state index contributed by atoms with van der Waals surface area (Å²) in [5.74, 6) is 3.73. The van der Waals surface area contributed by atoms with Crippen LogP contribution in [0.1, 0.15) is 24.1 Å². The van der Waals surface area contributed by atoms with Crippen LogP contribution in [0.15, 0.2) is 47.5 Å². The Bertz CT molecular complexity index is 1560. The van der Waals surface area contributed by atoms with Crippen molar-refractivity contribution in [1.82, 2.24) is 29.3 Å². The molecule has 3 aromatic heterocycles. The lowest BCUT2D eigenvalue weighted by molar-refractivity contribution is 0.484. The van der Waals surface area contributed by atoms with Crippen molar-refractivity contribution in [2.45, 2.75) is 25.8 Å². The molecule has 0 unspecified atom stereocenters. The molecule has 0 spiro atoms. The summed E-state index contributed by atoms with van der Waals surface area (Å²) in [5, 5.41) is 22.6. The van der Waals surface area contributed by atoms with Crippen LogP contribution in [0.3, 0.4) is 0 Å². The Morgan fingerprint density at radius 2 is 1.86 bits per heavy atom. The number of terminal acetylenes is 1. The molecule has 1 aliphatic rings. The van der Waals surface area contributed by atoms with E-state index in [2.05, 4.69) is 27.3 Å². The van der Waals surface area contributed by atoms with Gasteiger partial charge in [-0.25, -0.2) is 0 Å². The molecule has 2 N–H and O–H groups in total. The zero-order valence-corrected chi connectivity index (χ0v) is 21.5. The van der Waals surface area contributed by atoms with Gasteiger partial charge in [-0.3, -0.25) is 9.48 Å². The zero-order chi connectivity index (χ0) is 26.5. The number of halogens is 2. The number of nitrogens with zero attached hydrogens (tertiary/aromatic N) is 8. The third kappa shape index (κ3) is 5.17. The Kier molecular flexibility index (Phi) is 7.83. The van der Waals surface area contributed by atoms with Crippen molar-refractivity contribution in [3.8, 4) is 29.9 Å². The second kappa shape index (κ2) is 11.2. The van der Waals surface area contributed by atoms with Gasteiger partial charge in [-0.05, 0) is 31.4 Å². The number of hydrogen-bond acceptors (Lipinski definition) is 7. The fourth-order valence-electron chi connectivity index (χ4n) is 3.93. The van der Waals surface area contributed by atoms with E-state index in [9.17, 15) is 10.1 Å². The van der Waals surface area contributed by atoms with Crippen LogP contribution in [-0.2, 0) is 13.0 Å². The maximum Gasteiger partial charge on any atom is 0.292 e. The van der Waals surface area contributed by atoms with Crippen LogP contribution < -0.4 is 16.2 Å². The summed E-state index contributed by atoms with van der Waals surface area (Å²) < 4.78 is 4.74. The van der Waals surface area contributed by atoms with Crippen LogP contribution in [0.5, 0.6) is 0 Å². The third-order valence-electron chi connectivity index (χ3n) is 5.71. The average molecular weight is 536 g/mol. The molecule has 1 aromatic carbocycles. The van der Waals surface area contributed by atoms with Gasteiger partial charge >= 0.3 is 0 Å². The SMILES string of the molecule is C#CCN(C)c1c(C#N)cnn1-c1nn2c(c1Cl)CCCC2.Nc1cnn(-c2ccccc2)c(=O)c1Cl. The summed E-state index contributed by atoms with van der Waals surface area (Å²) in [6.07, 6.45) is 11.4. The average Bonchev–Trinajstić information content (AvgIpc) is 3.49. The number of para-hydroxylation sites is 1. The van der Waals surface area contributed by atoms with Crippen LogP contribution in [0, 0.1) is 23.7 Å². The first-order chi connectivity index (χ1) is 17.9. The van der Waals surface area contributed by atoms with Gasteiger partial charge in [0, 0.05) is 13.6 Å². The molecule has 0 saturated carbocycles. The first-order valence-electron chi connectivity index (χ1n) is 11.3. The van der Waals surface area contributed by atoms with Gasteiger partial charge in [0.25, 0.3) is 5.56 Å². The normalized spacial score (nSPS) is 12.0. The van der Waals surface area contributed by atoms with E-state index in [-0.39, 0.29) is 10.7 Å². The summed E-state index contributed by atoms with van der Waals surface area (Å²) in [7, 11) is 1.82. The Balaban J connectivity index is 0.000000186. The summed E-state index contributed by atoms with van der Waals surface area (Å²) in [6, 6.07) is 11.1. The number of rotatable bonds is 4. The second-order valence-corrected chi connectivity index (χ2v) is 8.95. The van der Waals surface area contributed by atoms with E-state index < -0.39 is 5.56 Å². The number of benzene rings is 1. The van der Waals surface area contributed by atoms with Gasteiger partial charge < -0.3 is 10.6 Å². The number of nitrogen functional groups attached to an aromatic ring is 1. The molecule has 188 valence electrons. The van der Waals surface area contributed by atoms with Crippen LogP contribution in [0.25, 0.3) is 11.5 Å². The number of fused-ring (bicyclic) bond motifs is 1. The van der Waals surface area contributed by atoms with Gasteiger partial charge in [-0.2, -0.15) is 29.9 Å². The molecule has 0 amide bonds. The van der Waals surface area contributed by atoms with E-state index in [1.54, 1.807) is 21.7 Å². The number of nitrogens with two attached hydrogens (primary N) is 1. The molecule has 37 heavy (non-hydrogen) atoms. The van der Waals surface area contributed by atoms with E-state index in [0.29, 0.717) is 34.5 Å². The van der Waals surface area contributed by atoms with Crippen molar-refractivity contribution in [3.63, 3.8) is 0 Å². The van der Waals surface area contributed by atoms with E-state index >= 15 is 0 Å². The fraction of sp³-hybridized carbons (Fsp3) is 0.240. The Labute approximate surface area is 223 Å². The van der Waals surface area contributed by atoms with E-state index in [1.807, 2.05) is 29.9 Å². The zero-order valence-electron chi connectivity index (χ0n) is 20.0. The standard InChI is InChI=1S/C15H15ClN6.C10H8ClN3O/c1-3-7-20(2)15-11(9-17)10-18-22(15)14-13(16)12-6-4-5-8-21(12)19-14;11-9-8(12)6-13-14(10(9)15)7-4-2-1-3-5-7/h1,10H,4-8H2,2H3;1-6H,12H2. The highest BCUT2D eigenvalue weighted by molar-refractivity contribution is 6.33. The van der Waals surface area contributed by atoms with Crippen molar-refractivity contribution in [3.05, 3.63) is 74.4 Å². The molecule has 1 aliphatic heterocycles. The first-order valence-corrected chi connectivity index (χ1v) is 12.1. The lowest BCUT2D eigenvalue weighted by atomic mass is 10.1. The summed E-state index contributed by atoms with van der Waals surface area (Å²) in [5.41, 5.74) is 7.37. The van der Waals surface area contributed by atoms with Crippen LogP contribution >= 0.6 is 23.2 Å². The quantitative estimate of drug-likeness (QED) is 0.396.